The van der Waals surface area contributed by atoms with Crippen LogP contribution >= 0.6 is 11.8 Å². The van der Waals surface area contributed by atoms with Crippen molar-refractivity contribution in [3.8, 4) is 0 Å². The Morgan fingerprint density at radius 2 is 2.36 bits per heavy atom. The molecule has 2 N–H and O–H groups in total. The minimum absolute atomic E-state index is 0.214. The summed E-state index contributed by atoms with van der Waals surface area (Å²) in [6.45, 7) is 0.216. The summed E-state index contributed by atoms with van der Waals surface area (Å²) in [7, 11) is 0. The fourth-order valence-electron chi connectivity index (χ4n) is 0.422. The molecule has 64 valence electrons. The molecule has 1 atom stereocenters. The third kappa shape index (κ3) is 7.48. The summed E-state index contributed by atoms with van der Waals surface area (Å²) >= 11 is 1.45. The molecule has 0 amide bonds. The lowest BCUT2D eigenvalue weighted by Crippen LogP contribution is -2.15. The van der Waals surface area contributed by atoms with Crippen LogP contribution < -0.4 is 0 Å². The molecule has 0 aromatic heterocycles. The van der Waals surface area contributed by atoms with Gasteiger partial charge in [-0.3, -0.25) is 0 Å². The van der Waals surface area contributed by atoms with Crippen molar-refractivity contribution >= 4 is 11.8 Å². The summed E-state index contributed by atoms with van der Waals surface area (Å²) in [6, 6.07) is 0. The lowest BCUT2D eigenvalue weighted by molar-refractivity contribution is 0.113. The fraction of sp³-hybridized carbons (Fsp3) is 1.00. The molecule has 0 aliphatic heterocycles. The number of thioether (sulfide) groups is 1. The van der Waals surface area contributed by atoms with E-state index in [0.29, 0.717) is 18.1 Å². The molecule has 0 aliphatic rings. The van der Waals surface area contributed by atoms with Gasteiger partial charge in [-0.1, -0.05) is 5.11 Å². The average molecular weight is 177 g/mol. The highest BCUT2D eigenvalue weighted by molar-refractivity contribution is 7.99. The van der Waals surface area contributed by atoms with Gasteiger partial charge in [-0.05, 0) is 11.3 Å². The van der Waals surface area contributed by atoms with Crippen molar-refractivity contribution in [3.63, 3.8) is 0 Å². The zero-order chi connectivity index (χ0) is 8.53. The molecule has 0 aromatic carbocycles. The Balaban J connectivity index is 3.07. The van der Waals surface area contributed by atoms with E-state index in [1.807, 2.05) is 0 Å². The summed E-state index contributed by atoms with van der Waals surface area (Å²) < 4.78 is 0. The molecule has 1 unspecified atom stereocenters. The van der Waals surface area contributed by atoms with Gasteiger partial charge in [-0.15, -0.1) is 0 Å². The maximum Gasteiger partial charge on any atom is 0.0861 e. The van der Waals surface area contributed by atoms with Gasteiger partial charge in [-0.2, -0.15) is 11.8 Å². The number of nitrogens with zero attached hydrogens (tertiary/aromatic N) is 3. The van der Waals surface area contributed by atoms with Crippen LogP contribution in [0.5, 0.6) is 0 Å². The van der Waals surface area contributed by atoms with E-state index in [2.05, 4.69) is 10.0 Å². The first-order chi connectivity index (χ1) is 5.31. The van der Waals surface area contributed by atoms with Crippen LogP contribution in [0, 0.1) is 0 Å². The van der Waals surface area contributed by atoms with Crippen molar-refractivity contribution < 1.29 is 10.2 Å². The highest BCUT2D eigenvalue weighted by Gasteiger charge is 1.99. The van der Waals surface area contributed by atoms with Crippen molar-refractivity contribution in [2.45, 2.75) is 6.10 Å². The molecule has 0 radical (unpaired) electrons. The molecule has 0 saturated carbocycles. The number of aliphatic hydroxyl groups is 2. The number of azide groups is 1. The SMILES string of the molecule is [N-]=[N+]=NCCSCC(O)CO. The quantitative estimate of drug-likeness (QED) is 0.266. The standard InChI is InChI=1S/C5H11N3O2S/c6-8-7-1-2-11-4-5(10)3-9/h5,9-10H,1-4H2. The van der Waals surface area contributed by atoms with Crippen molar-refractivity contribution in [2.75, 3.05) is 24.7 Å². The molecule has 0 spiro atoms. The van der Waals surface area contributed by atoms with E-state index in [9.17, 15) is 0 Å². The van der Waals surface area contributed by atoms with Crippen LogP contribution in [-0.4, -0.2) is 41.0 Å². The van der Waals surface area contributed by atoms with E-state index in [1.54, 1.807) is 0 Å². The monoisotopic (exact) mass is 177 g/mol. The molecule has 0 aromatic rings. The van der Waals surface area contributed by atoms with Gasteiger partial charge in [0.05, 0.1) is 12.7 Å². The van der Waals surface area contributed by atoms with Gasteiger partial charge >= 0.3 is 0 Å². The van der Waals surface area contributed by atoms with Gasteiger partial charge in [0.15, 0.2) is 0 Å². The zero-order valence-corrected chi connectivity index (χ0v) is 6.87. The molecule has 6 heteroatoms. The Labute approximate surface area is 69.0 Å². The minimum atomic E-state index is -0.661. The van der Waals surface area contributed by atoms with Crippen LogP contribution in [0.4, 0.5) is 0 Å². The van der Waals surface area contributed by atoms with Crippen molar-refractivity contribution in [2.24, 2.45) is 5.11 Å². The maximum atomic E-state index is 8.84. The number of hydrogen-bond donors (Lipinski definition) is 2. The molecule has 11 heavy (non-hydrogen) atoms. The highest BCUT2D eigenvalue weighted by Crippen LogP contribution is 2.01. The highest BCUT2D eigenvalue weighted by atomic mass is 32.2. The lowest BCUT2D eigenvalue weighted by atomic mass is 10.4. The van der Waals surface area contributed by atoms with Crippen LogP contribution in [-0.2, 0) is 0 Å². The van der Waals surface area contributed by atoms with E-state index < -0.39 is 6.10 Å². The topological polar surface area (TPSA) is 89.2 Å². The Morgan fingerprint density at radius 3 is 2.91 bits per heavy atom. The van der Waals surface area contributed by atoms with Crippen LogP contribution in [0.15, 0.2) is 5.11 Å². The van der Waals surface area contributed by atoms with Gasteiger partial charge in [-0.25, -0.2) is 0 Å². The molecule has 0 heterocycles. The molecule has 0 saturated heterocycles. The Hall–Kier alpha value is -0.420. The summed E-state index contributed by atoms with van der Waals surface area (Å²) in [5, 5.41) is 20.5. The number of rotatable bonds is 6. The van der Waals surface area contributed by atoms with Crippen LogP contribution in [0.2, 0.25) is 0 Å². The largest absolute Gasteiger partial charge is 0.394 e. The second-order valence-corrected chi connectivity index (χ2v) is 3.02. The van der Waals surface area contributed by atoms with E-state index in [1.165, 1.54) is 11.8 Å². The fourth-order valence-corrected chi connectivity index (χ4v) is 1.18. The normalized spacial score (nSPS) is 12.2. The molecule has 0 bridgehead atoms. The Bertz CT molecular complexity index is 138. The van der Waals surface area contributed by atoms with Crippen LogP contribution in [0.3, 0.4) is 0 Å². The van der Waals surface area contributed by atoms with Crippen molar-refractivity contribution in [3.05, 3.63) is 10.4 Å². The van der Waals surface area contributed by atoms with Gasteiger partial charge in [0.25, 0.3) is 0 Å². The zero-order valence-electron chi connectivity index (χ0n) is 6.05. The predicted molar refractivity (Wildman–Crippen MR) is 44.4 cm³/mol. The smallest absolute Gasteiger partial charge is 0.0861 e. The second kappa shape index (κ2) is 7.68. The first-order valence-corrected chi connectivity index (χ1v) is 4.34. The minimum Gasteiger partial charge on any atom is -0.394 e. The summed E-state index contributed by atoms with van der Waals surface area (Å²) in [4.78, 5) is 2.57. The van der Waals surface area contributed by atoms with Crippen LogP contribution in [0.25, 0.3) is 10.4 Å². The summed E-state index contributed by atoms with van der Waals surface area (Å²) in [5.41, 5.74) is 7.88. The number of hydrogen-bond acceptors (Lipinski definition) is 4. The van der Waals surface area contributed by atoms with E-state index in [0.717, 1.165) is 0 Å². The third-order valence-electron chi connectivity index (χ3n) is 0.920. The van der Waals surface area contributed by atoms with Crippen molar-refractivity contribution in [1.82, 2.24) is 0 Å². The first-order valence-electron chi connectivity index (χ1n) is 3.18. The molecule has 0 aliphatic carbocycles. The first kappa shape index (κ1) is 10.6. The van der Waals surface area contributed by atoms with Gasteiger partial charge in [0.1, 0.15) is 0 Å². The Morgan fingerprint density at radius 1 is 1.64 bits per heavy atom. The van der Waals surface area contributed by atoms with Gasteiger partial charge < -0.3 is 10.2 Å². The predicted octanol–water partition coefficient (Wildman–Crippen LogP) is 0.383. The van der Waals surface area contributed by atoms with E-state index in [-0.39, 0.29) is 6.61 Å². The second-order valence-electron chi connectivity index (χ2n) is 1.87. The van der Waals surface area contributed by atoms with Crippen LogP contribution in [0.1, 0.15) is 0 Å². The van der Waals surface area contributed by atoms with Crippen molar-refractivity contribution in [1.29, 1.82) is 0 Å². The molecule has 0 rings (SSSR count). The van der Waals surface area contributed by atoms with Gasteiger partial charge in [0, 0.05) is 17.2 Å². The molecule has 5 nitrogen and oxygen atoms in total. The molecular weight excluding hydrogens is 166 g/mol. The molecule has 0 fully saturated rings. The third-order valence-corrected chi connectivity index (χ3v) is 2.01. The molecular formula is C5H11N3O2S. The maximum absolute atomic E-state index is 8.84. The number of aliphatic hydroxyl groups excluding tert-OH is 2. The average Bonchev–Trinajstić information content (AvgIpc) is 2.04. The van der Waals surface area contributed by atoms with E-state index in [4.69, 9.17) is 15.7 Å². The Kier molecular flexibility index (Phi) is 7.39. The lowest BCUT2D eigenvalue weighted by Gasteiger charge is -2.04. The summed E-state index contributed by atoms with van der Waals surface area (Å²) in [5.74, 6) is 1.17. The summed E-state index contributed by atoms with van der Waals surface area (Å²) in [6.07, 6.45) is -0.661. The van der Waals surface area contributed by atoms with Gasteiger partial charge in [0.2, 0.25) is 0 Å². The van der Waals surface area contributed by atoms with E-state index >= 15 is 0 Å².